The Labute approximate surface area is 94.2 Å². The first-order chi connectivity index (χ1) is 7.41. The molecular weight excluding hydrogens is 208 g/mol. The van der Waals surface area contributed by atoms with Crippen molar-refractivity contribution < 1.29 is 4.92 Å². The highest BCUT2D eigenvalue weighted by atomic mass is 16.6. The van der Waals surface area contributed by atoms with Crippen LogP contribution in [0.25, 0.3) is 0 Å². The highest BCUT2D eigenvalue weighted by molar-refractivity contribution is 5.57. The number of anilines is 2. The molecule has 2 N–H and O–H groups in total. The number of hydrogen-bond acceptors (Lipinski definition) is 5. The predicted molar refractivity (Wildman–Crippen MR) is 63.4 cm³/mol. The van der Waals surface area contributed by atoms with Gasteiger partial charge in [0.25, 0.3) is 0 Å². The molecule has 0 atom stereocenters. The molecule has 6 nitrogen and oxygen atoms in total. The average Bonchev–Trinajstić information content (AvgIpc) is 2.15. The van der Waals surface area contributed by atoms with E-state index in [-0.39, 0.29) is 11.5 Å². The molecule has 1 heterocycles. The van der Waals surface area contributed by atoms with Gasteiger partial charge in [-0.25, -0.2) is 4.98 Å². The Morgan fingerprint density at radius 3 is 2.62 bits per heavy atom. The van der Waals surface area contributed by atoms with Crippen LogP contribution in [0.5, 0.6) is 0 Å². The van der Waals surface area contributed by atoms with E-state index >= 15 is 0 Å². The molecule has 1 aromatic rings. The molecule has 0 amide bonds. The van der Waals surface area contributed by atoms with E-state index in [1.54, 1.807) is 6.07 Å². The Balaban J connectivity index is 2.92. The fourth-order valence-corrected chi connectivity index (χ4v) is 1.47. The zero-order chi connectivity index (χ0) is 12.3. The monoisotopic (exact) mass is 224 g/mol. The van der Waals surface area contributed by atoms with E-state index in [9.17, 15) is 10.1 Å². The Bertz CT molecular complexity index is 392. The highest BCUT2D eigenvalue weighted by Crippen LogP contribution is 2.22. The lowest BCUT2D eigenvalue weighted by atomic mass is 10.2. The maximum Gasteiger partial charge on any atom is 0.311 e. The van der Waals surface area contributed by atoms with Crippen molar-refractivity contribution in [3.63, 3.8) is 0 Å². The largest absolute Gasteiger partial charge is 0.378 e. The Hall–Kier alpha value is -1.85. The quantitative estimate of drug-likeness (QED) is 0.621. The molecule has 0 saturated heterocycles. The minimum Gasteiger partial charge on any atom is -0.378 e. The van der Waals surface area contributed by atoms with Crippen molar-refractivity contribution in [2.75, 3.05) is 24.2 Å². The second-order valence-corrected chi connectivity index (χ2v) is 4.11. The van der Waals surface area contributed by atoms with Crippen molar-refractivity contribution in [1.82, 2.24) is 4.98 Å². The number of nitrogens with two attached hydrogens (primary N) is 1. The van der Waals surface area contributed by atoms with E-state index < -0.39 is 4.92 Å². The van der Waals surface area contributed by atoms with Crippen LogP contribution in [-0.4, -0.2) is 23.5 Å². The second-order valence-electron chi connectivity index (χ2n) is 4.11. The van der Waals surface area contributed by atoms with Crippen molar-refractivity contribution >= 4 is 17.3 Å². The molecule has 0 aliphatic carbocycles. The molecule has 0 radical (unpaired) electrons. The topological polar surface area (TPSA) is 85.3 Å². The van der Waals surface area contributed by atoms with E-state index in [1.165, 1.54) is 6.07 Å². The maximum absolute atomic E-state index is 10.6. The third-order valence-corrected chi connectivity index (χ3v) is 2.11. The average molecular weight is 224 g/mol. The van der Waals surface area contributed by atoms with Gasteiger partial charge in [0.05, 0.1) is 4.92 Å². The third-order valence-electron chi connectivity index (χ3n) is 2.11. The van der Waals surface area contributed by atoms with Gasteiger partial charge in [0.1, 0.15) is 5.82 Å². The van der Waals surface area contributed by atoms with Gasteiger partial charge >= 0.3 is 5.69 Å². The first kappa shape index (κ1) is 12.2. The summed E-state index contributed by atoms with van der Waals surface area (Å²) < 4.78 is 0. The van der Waals surface area contributed by atoms with Gasteiger partial charge in [0, 0.05) is 19.7 Å². The SMILES string of the molecule is CC(C)CN(C)c1ccc([N+](=O)[O-])c(N)n1. The van der Waals surface area contributed by atoms with Gasteiger partial charge in [-0.1, -0.05) is 13.8 Å². The number of pyridine rings is 1. The predicted octanol–water partition coefficient (Wildman–Crippen LogP) is 1.66. The summed E-state index contributed by atoms with van der Waals surface area (Å²) in [5, 5.41) is 10.6. The van der Waals surface area contributed by atoms with Crippen LogP contribution in [0.4, 0.5) is 17.3 Å². The van der Waals surface area contributed by atoms with Crippen molar-refractivity contribution in [1.29, 1.82) is 0 Å². The molecule has 88 valence electrons. The lowest BCUT2D eigenvalue weighted by molar-refractivity contribution is -0.384. The van der Waals surface area contributed by atoms with Crippen molar-refractivity contribution in [3.05, 3.63) is 22.2 Å². The summed E-state index contributed by atoms with van der Waals surface area (Å²) in [5.41, 5.74) is 5.36. The van der Waals surface area contributed by atoms with Crippen LogP contribution in [0.2, 0.25) is 0 Å². The zero-order valence-electron chi connectivity index (χ0n) is 9.67. The minimum absolute atomic E-state index is 0.0434. The number of hydrogen-bond donors (Lipinski definition) is 1. The molecule has 0 aliphatic heterocycles. The van der Waals surface area contributed by atoms with E-state index in [4.69, 9.17) is 5.73 Å². The standard InChI is InChI=1S/C10H16N4O2/c1-7(2)6-13(3)9-5-4-8(14(15)16)10(11)12-9/h4-5,7H,6H2,1-3H3,(H2,11,12). The summed E-state index contributed by atoms with van der Waals surface area (Å²) in [7, 11) is 1.88. The van der Waals surface area contributed by atoms with Crippen LogP contribution in [0.1, 0.15) is 13.8 Å². The normalized spacial score (nSPS) is 10.5. The number of nitrogen functional groups attached to an aromatic ring is 1. The van der Waals surface area contributed by atoms with E-state index in [0.717, 1.165) is 6.54 Å². The van der Waals surface area contributed by atoms with Crippen LogP contribution in [0, 0.1) is 16.0 Å². The lowest BCUT2D eigenvalue weighted by Crippen LogP contribution is -2.23. The second kappa shape index (κ2) is 4.78. The van der Waals surface area contributed by atoms with Gasteiger partial charge in [0.15, 0.2) is 0 Å². The molecule has 0 fully saturated rings. The Morgan fingerprint density at radius 2 is 2.19 bits per heavy atom. The Morgan fingerprint density at radius 1 is 1.56 bits per heavy atom. The summed E-state index contributed by atoms with van der Waals surface area (Å²) in [6, 6.07) is 2.99. The number of rotatable bonds is 4. The smallest absolute Gasteiger partial charge is 0.311 e. The fourth-order valence-electron chi connectivity index (χ4n) is 1.47. The van der Waals surface area contributed by atoms with Crippen molar-refractivity contribution in [2.24, 2.45) is 5.92 Å². The summed E-state index contributed by atoms with van der Waals surface area (Å²) in [5.74, 6) is 1.10. The van der Waals surface area contributed by atoms with E-state index in [0.29, 0.717) is 11.7 Å². The summed E-state index contributed by atoms with van der Waals surface area (Å²) in [6.45, 7) is 5.00. The molecule has 6 heteroatoms. The van der Waals surface area contributed by atoms with Gasteiger partial charge in [-0.05, 0) is 12.0 Å². The molecule has 0 aromatic carbocycles. The number of nitrogens with zero attached hydrogens (tertiary/aromatic N) is 3. The van der Waals surface area contributed by atoms with E-state index in [2.05, 4.69) is 18.8 Å². The molecule has 0 spiro atoms. The summed E-state index contributed by atoms with van der Waals surface area (Å²) in [4.78, 5) is 16.0. The molecule has 0 bridgehead atoms. The molecule has 0 unspecified atom stereocenters. The highest BCUT2D eigenvalue weighted by Gasteiger charge is 2.14. The Kier molecular flexibility index (Phi) is 3.65. The molecule has 1 aromatic heterocycles. The third kappa shape index (κ3) is 2.82. The first-order valence-corrected chi connectivity index (χ1v) is 5.04. The van der Waals surface area contributed by atoms with Crippen molar-refractivity contribution in [2.45, 2.75) is 13.8 Å². The molecular formula is C10H16N4O2. The van der Waals surface area contributed by atoms with Crippen molar-refractivity contribution in [3.8, 4) is 0 Å². The molecule has 0 saturated carbocycles. The minimum atomic E-state index is -0.533. The first-order valence-electron chi connectivity index (χ1n) is 5.04. The van der Waals surface area contributed by atoms with Crippen LogP contribution in [0.3, 0.4) is 0 Å². The summed E-state index contributed by atoms with van der Waals surface area (Å²) in [6.07, 6.45) is 0. The van der Waals surface area contributed by atoms with Gasteiger partial charge in [-0.2, -0.15) is 0 Å². The van der Waals surface area contributed by atoms with Crippen LogP contribution in [0.15, 0.2) is 12.1 Å². The van der Waals surface area contributed by atoms with Gasteiger partial charge in [-0.3, -0.25) is 10.1 Å². The van der Waals surface area contributed by atoms with Gasteiger partial charge < -0.3 is 10.6 Å². The zero-order valence-corrected chi connectivity index (χ0v) is 9.67. The summed E-state index contributed by atoms with van der Waals surface area (Å²) >= 11 is 0. The number of aromatic nitrogens is 1. The van der Waals surface area contributed by atoms with Gasteiger partial charge in [0.2, 0.25) is 5.82 Å². The molecule has 16 heavy (non-hydrogen) atoms. The van der Waals surface area contributed by atoms with E-state index in [1.807, 2.05) is 11.9 Å². The maximum atomic E-state index is 10.6. The number of nitro groups is 1. The molecule has 0 aliphatic rings. The van der Waals surface area contributed by atoms with Crippen LogP contribution < -0.4 is 10.6 Å². The van der Waals surface area contributed by atoms with Crippen LogP contribution >= 0.6 is 0 Å². The molecule has 1 rings (SSSR count). The van der Waals surface area contributed by atoms with Crippen LogP contribution in [-0.2, 0) is 0 Å². The van der Waals surface area contributed by atoms with Gasteiger partial charge in [-0.15, -0.1) is 0 Å². The lowest BCUT2D eigenvalue weighted by Gasteiger charge is -2.20. The fraction of sp³-hybridized carbons (Fsp3) is 0.500.